The molecule has 0 atom stereocenters. The summed E-state index contributed by atoms with van der Waals surface area (Å²) in [4.78, 5) is 8.08. The molecule has 0 saturated heterocycles. The highest BCUT2D eigenvalue weighted by Gasteiger charge is 2.14. The Labute approximate surface area is 137 Å². The molecule has 0 aliphatic carbocycles. The van der Waals surface area contributed by atoms with E-state index in [0.717, 1.165) is 0 Å². The lowest BCUT2D eigenvalue weighted by Gasteiger charge is -2.10. The molecule has 3 aromatic heterocycles. The zero-order valence-corrected chi connectivity index (χ0v) is 13.1. The molecule has 0 saturated carbocycles. The number of benzene rings is 1. The second kappa shape index (κ2) is 5.24. The number of halogens is 3. The van der Waals surface area contributed by atoms with Gasteiger partial charge in [-0.05, 0) is 24.3 Å². The Hall–Kier alpha value is -2.61. The fraction of sp³-hybridized carbons (Fsp3) is 0. The summed E-state index contributed by atoms with van der Waals surface area (Å²) < 4.78 is 30.7. The number of anilines is 2. The molecule has 23 heavy (non-hydrogen) atoms. The molecule has 0 aliphatic rings. The normalized spacial score (nSPS) is 11.3. The lowest BCUT2D eigenvalue weighted by molar-refractivity contribution is 0.633. The number of hydrogen-bond donors (Lipinski definition) is 1. The number of pyridine rings is 1. The van der Waals surface area contributed by atoms with E-state index < -0.39 is 11.6 Å². The van der Waals surface area contributed by atoms with Crippen molar-refractivity contribution in [2.45, 2.75) is 0 Å². The van der Waals surface area contributed by atoms with E-state index in [9.17, 15) is 8.78 Å². The van der Waals surface area contributed by atoms with Crippen LogP contribution in [0.25, 0.3) is 16.4 Å². The van der Waals surface area contributed by atoms with Gasteiger partial charge < -0.3 is 5.32 Å². The summed E-state index contributed by atoms with van der Waals surface area (Å²) in [5.74, 6) is -0.791. The first-order valence-electron chi connectivity index (χ1n) is 6.62. The van der Waals surface area contributed by atoms with E-state index >= 15 is 0 Å². The highest BCUT2D eigenvalue weighted by molar-refractivity contribution is 9.10. The standard InChI is InChI=1S/C15H8BrF2N5/c16-8-5-9(17)13-11(6-8)19-7-20-15(13)22-10-2-4-23-12(14(10)18)1-3-21-23/h1-7H,(H,19,20,22). The minimum absolute atomic E-state index is 0.181. The van der Waals surface area contributed by atoms with Crippen molar-refractivity contribution in [3.8, 4) is 0 Å². The summed E-state index contributed by atoms with van der Waals surface area (Å²) >= 11 is 3.22. The average Bonchev–Trinajstić information content (AvgIpc) is 2.99. The first kappa shape index (κ1) is 14.0. The zero-order chi connectivity index (χ0) is 16.0. The van der Waals surface area contributed by atoms with Crippen molar-refractivity contribution in [2.24, 2.45) is 0 Å². The van der Waals surface area contributed by atoms with Gasteiger partial charge >= 0.3 is 0 Å². The third-order valence-electron chi connectivity index (χ3n) is 3.42. The van der Waals surface area contributed by atoms with Gasteiger partial charge in [-0.1, -0.05) is 15.9 Å². The van der Waals surface area contributed by atoms with Crippen LogP contribution < -0.4 is 5.32 Å². The van der Waals surface area contributed by atoms with Crippen molar-refractivity contribution in [1.29, 1.82) is 0 Å². The van der Waals surface area contributed by atoms with E-state index in [0.29, 0.717) is 15.5 Å². The van der Waals surface area contributed by atoms with Crippen LogP contribution >= 0.6 is 15.9 Å². The van der Waals surface area contributed by atoms with Crippen LogP contribution in [0.5, 0.6) is 0 Å². The lowest BCUT2D eigenvalue weighted by atomic mass is 10.2. The van der Waals surface area contributed by atoms with Gasteiger partial charge in [-0.15, -0.1) is 0 Å². The summed E-state index contributed by atoms with van der Waals surface area (Å²) in [5, 5.41) is 6.99. The molecule has 0 bridgehead atoms. The fourth-order valence-corrected chi connectivity index (χ4v) is 2.81. The first-order valence-corrected chi connectivity index (χ1v) is 7.41. The second-order valence-electron chi connectivity index (χ2n) is 4.83. The van der Waals surface area contributed by atoms with Crippen molar-refractivity contribution in [3.05, 3.63) is 59.1 Å². The van der Waals surface area contributed by atoms with Crippen molar-refractivity contribution < 1.29 is 8.78 Å². The summed E-state index contributed by atoms with van der Waals surface area (Å²) in [6.07, 6.45) is 4.41. The number of nitrogens with zero attached hydrogens (tertiary/aromatic N) is 4. The maximum absolute atomic E-state index is 14.5. The Kier molecular flexibility index (Phi) is 3.19. The zero-order valence-electron chi connectivity index (χ0n) is 11.5. The molecular formula is C15H8BrF2N5. The van der Waals surface area contributed by atoms with Gasteiger partial charge in [-0.2, -0.15) is 5.10 Å². The molecule has 0 aliphatic heterocycles. The van der Waals surface area contributed by atoms with Crippen LogP contribution in [0, 0.1) is 11.6 Å². The molecule has 4 rings (SSSR count). The highest BCUT2D eigenvalue weighted by atomic mass is 79.9. The Balaban J connectivity index is 1.87. The van der Waals surface area contributed by atoms with Crippen LogP contribution in [0.2, 0.25) is 0 Å². The molecule has 1 aromatic carbocycles. The topological polar surface area (TPSA) is 55.1 Å². The van der Waals surface area contributed by atoms with Gasteiger partial charge in [0.05, 0.1) is 22.8 Å². The molecule has 3 heterocycles. The van der Waals surface area contributed by atoms with E-state index in [1.54, 1.807) is 18.3 Å². The van der Waals surface area contributed by atoms with Gasteiger partial charge in [0.1, 0.15) is 23.5 Å². The predicted molar refractivity (Wildman–Crippen MR) is 85.6 cm³/mol. The summed E-state index contributed by atoms with van der Waals surface area (Å²) in [6, 6.07) is 6.05. The van der Waals surface area contributed by atoms with Crippen molar-refractivity contribution in [2.75, 3.05) is 5.32 Å². The minimum atomic E-state index is -0.497. The minimum Gasteiger partial charge on any atom is -0.337 e. The number of hydrogen-bond acceptors (Lipinski definition) is 4. The summed E-state index contributed by atoms with van der Waals surface area (Å²) in [6.45, 7) is 0. The number of rotatable bonds is 2. The molecule has 5 nitrogen and oxygen atoms in total. The Morgan fingerprint density at radius 3 is 2.87 bits per heavy atom. The monoisotopic (exact) mass is 375 g/mol. The Morgan fingerprint density at radius 2 is 2.00 bits per heavy atom. The molecule has 0 radical (unpaired) electrons. The quantitative estimate of drug-likeness (QED) is 0.573. The Bertz CT molecular complexity index is 1050. The van der Waals surface area contributed by atoms with E-state index in [4.69, 9.17) is 0 Å². The largest absolute Gasteiger partial charge is 0.337 e. The van der Waals surface area contributed by atoms with E-state index in [1.165, 1.54) is 29.2 Å². The molecular weight excluding hydrogens is 368 g/mol. The molecule has 0 unspecified atom stereocenters. The van der Waals surface area contributed by atoms with Crippen LogP contribution in [0.15, 0.2) is 47.5 Å². The van der Waals surface area contributed by atoms with E-state index in [2.05, 4.69) is 36.3 Å². The maximum atomic E-state index is 14.5. The Morgan fingerprint density at radius 1 is 1.13 bits per heavy atom. The number of aromatic nitrogens is 4. The van der Waals surface area contributed by atoms with Gasteiger partial charge in [0.2, 0.25) is 0 Å². The van der Waals surface area contributed by atoms with E-state index in [1.807, 2.05) is 0 Å². The molecule has 0 spiro atoms. The van der Waals surface area contributed by atoms with Crippen molar-refractivity contribution >= 4 is 43.9 Å². The first-order chi connectivity index (χ1) is 11.1. The van der Waals surface area contributed by atoms with Gasteiger partial charge in [-0.3, -0.25) is 0 Å². The number of fused-ring (bicyclic) bond motifs is 2. The summed E-state index contributed by atoms with van der Waals surface area (Å²) in [7, 11) is 0. The molecule has 8 heteroatoms. The van der Waals surface area contributed by atoms with Crippen LogP contribution in [0.1, 0.15) is 0 Å². The van der Waals surface area contributed by atoms with Gasteiger partial charge in [-0.25, -0.2) is 23.3 Å². The SMILES string of the molecule is Fc1cc(Br)cc2ncnc(Nc3ccn4nccc4c3F)c12. The average molecular weight is 376 g/mol. The smallest absolute Gasteiger partial charge is 0.172 e. The van der Waals surface area contributed by atoms with E-state index in [-0.39, 0.29) is 16.9 Å². The highest BCUT2D eigenvalue weighted by Crippen LogP contribution is 2.29. The number of nitrogens with one attached hydrogen (secondary N) is 1. The van der Waals surface area contributed by atoms with Crippen LogP contribution in [-0.4, -0.2) is 19.6 Å². The molecule has 4 aromatic rings. The second-order valence-corrected chi connectivity index (χ2v) is 5.75. The van der Waals surface area contributed by atoms with Gasteiger partial charge in [0.15, 0.2) is 5.82 Å². The molecule has 0 fully saturated rings. The lowest BCUT2D eigenvalue weighted by Crippen LogP contribution is -2.01. The van der Waals surface area contributed by atoms with Crippen molar-refractivity contribution in [3.63, 3.8) is 0 Å². The molecule has 1 N–H and O–H groups in total. The third-order valence-corrected chi connectivity index (χ3v) is 3.88. The maximum Gasteiger partial charge on any atom is 0.172 e. The third kappa shape index (κ3) is 2.31. The van der Waals surface area contributed by atoms with Crippen molar-refractivity contribution in [1.82, 2.24) is 19.6 Å². The van der Waals surface area contributed by atoms with Crippen LogP contribution in [-0.2, 0) is 0 Å². The fourth-order valence-electron chi connectivity index (χ4n) is 2.39. The molecule has 0 amide bonds. The van der Waals surface area contributed by atoms with Crippen LogP contribution in [0.3, 0.4) is 0 Å². The van der Waals surface area contributed by atoms with Gasteiger partial charge in [0, 0.05) is 10.7 Å². The summed E-state index contributed by atoms with van der Waals surface area (Å²) in [5.41, 5.74) is 0.914. The predicted octanol–water partition coefficient (Wildman–Crippen LogP) is 4.06. The molecule has 114 valence electrons. The van der Waals surface area contributed by atoms with Gasteiger partial charge in [0.25, 0.3) is 0 Å². The van der Waals surface area contributed by atoms with Crippen LogP contribution in [0.4, 0.5) is 20.3 Å².